The third-order valence-electron chi connectivity index (χ3n) is 4.53. The van der Waals surface area contributed by atoms with E-state index in [1.54, 1.807) is 15.2 Å². The van der Waals surface area contributed by atoms with Crippen LogP contribution >= 0.6 is 11.3 Å². The van der Waals surface area contributed by atoms with Crippen molar-refractivity contribution in [2.75, 3.05) is 32.8 Å². The summed E-state index contributed by atoms with van der Waals surface area (Å²) in [5.74, 6) is -0.0628. The summed E-state index contributed by atoms with van der Waals surface area (Å²) in [5, 5.41) is 1.89. The van der Waals surface area contributed by atoms with Crippen LogP contribution in [0.3, 0.4) is 0 Å². The smallest absolute Gasteiger partial charge is 0.416 e. The average Bonchev–Trinajstić information content (AvgIpc) is 3.21. The van der Waals surface area contributed by atoms with Crippen LogP contribution in [0.25, 0.3) is 10.6 Å². The summed E-state index contributed by atoms with van der Waals surface area (Å²) in [6.45, 7) is 5.63. The fraction of sp³-hybridized carbons (Fsp3) is 0.450. The van der Waals surface area contributed by atoms with E-state index in [1.807, 2.05) is 13.8 Å². The Kier molecular flexibility index (Phi) is 6.64. The second kappa shape index (κ2) is 9.03. The first-order chi connectivity index (χ1) is 14.1. The topological polar surface area (TPSA) is 62.7 Å². The zero-order chi connectivity index (χ0) is 21.9. The molecule has 6 nitrogen and oxygen atoms in total. The number of carbonyl (C=O) groups excluding carboxylic acids is 2. The molecule has 30 heavy (non-hydrogen) atoms. The zero-order valence-electron chi connectivity index (χ0n) is 16.6. The van der Waals surface area contributed by atoms with Gasteiger partial charge in [0.15, 0.2) is 0 Å². The zero-order valence-corrected chi connectivity index (χ0v) is 17.4. The molecule has 10 heteroatoms. The van der Waals surface area contributed by atoms with Crippen molar-refractivity contribution < 1.29 is 27.5 Å². The highest BCUT2D eigenvalue weighted by Crippen LogP contribution is 2.33. The predicted octanol–water partition coefficient (Wildman–Crippen LogP) is 4.38. The van der Waals surface area contributed by atoms with Crippen LogP contribution in [-0.4, -0.2) is 59.6 Å². The van der Waals surface area contributed by atoms with Gasteiger partial charge in [0.25, 0.3) is 5.91 Å². The van der Waals surface area contributed by atoms with Gasteiger partial charge >= 0.3 is 12.3 Å². The Morgan fingerprint density at radius 2 is 1.83 bits per heavy atom. The van der Waals surface area contributed by atoms with Crippen LogP contribution in [0.4, 0.5) is 18.0 Å². The van der Waals surface area contributed by atoms with Gasteiger partial charge in [-0.3, -0.25) is 4.79 Å². The Hall–Kier alpha value is -2.62. The second-order valence-corrected chi connectivity index (χ2v) is 8.22. The van der Waals surface area contributed by atoms with Crippen molar-refractivity contribution in [1.29, 1.82) is 0 Å². The van der Waals surface area contributed by atoms with Gasteiger partial charge in [0.1, 0.15) is 10.7 Å². The highest BCUT2D eigenvalue weighted by Gasteiger charge is 2.31. The fourth-order valence-electron chi connectivity index (χ4n) is 2.92. The van der Waals surface area contributed by atoms with Crippen LogP contribution in [-0.2, 0) is 10.9 Å². The Morgan fingerprint density at radius 1 is 1.17 bits per heavy atom. The number of halogens is 3. The Labute approximate surface area is 176 Å². The van der Waals surface area contributed by atoms with Crippen LogP contribution in [0, 0.1) is 5.92 Å². The van der Waals surface area contributed by atoms with Crippen molar-refractivity contribution in [3.63, 3.8) is 0 Å². The molecule has 1 fully saturated rings. The van der Waals surface area contributed by atoms with Gasteiger partial charge in [0, 0.05) is 37.1 Å². The van der Waals surface area contributed by atoms with Crippen LogP contribution in [0.2, 0.25) is 0 Å². The molecule has 0 bridgehead atoms. The van der Waals surface area contributed by atoms with E-state index in [1.165, 1.54) is 12.1 Å². The van der Waals surface area contributed by atoms with Gasteiger partial charge in [0.05, 0.1) is 12.2 Å². The molecule has 162 valence electrons. The van der Waals surface area contributed by atoms with E-state index in [-0.39, 0.29) is 17.5 Å². The van der Waals surface area contributed by atoms with E-state index in [2.05, 4.69) is 4.98 Å². The molecule has 1 aliphatic heterocycles. The molecule has 0 aliphatic carbocycles. The summed E-state index contributed by atoms with van der Waals surface area (Å²) in [5.41, 5.74) is -0.265. The molecule has 0 saturated carbocycles. The van der Waals surface area contributed by atoms with Crippen molar-refractivity contribution in [2.24, 2.45) is 5.92 Å². The van der Waals surface area contributed by atoms with Gasteiger partial charge in [-0.2, -0.15) is 13.2 Å². The van der Waals surface area contributed by atoms with Crippen molar-refractivity contribution in [3.05, 3.63) is 40.9 Å². The Bertz CT molecular complexity index is 906. The number of hydrogen-bond acceptors (Lipinski definition) is 5. The summed E-state index contributed by atoms with van der Waals surface area (Å²) in [7, 11) is 0. The number of alkyl halides is 3. The lowest BCUT2D eigenvalue weighted by Crippen LogP contribution is -2.50. The van der Waals surface area contributed by atoms with Crippen LogP contribution in [0.5, 0.6) is 0 Å². The molecule has 2 heterocycles. The van der Waals surface area contributed by atoms with Crippen LogP contribution in [0.15, 0.2) is 29.6 Å². The van der Waals surface area contributed by atoms with Crippen LogP contribution in [0.1, 0.15) is 29.9 Å². The highest BCUT2D eigenvalue weighted by atomic mass is 32.1. The third kappa shape index (κ3) is 5.29. The molecule has 3 rings (SSSR count). The van der Waals surface area contributed by atoms with E-state index in [0.29, 0.717) is 43.4 Å². The number of carbonyl (C=O) groups is 2. The molecular formula is C20H22F3N3O3S. The van der Waals surface area contributed by atoms with E-state index in [4.69, 9.17) is 4.74 Å². The largest absolute Gasteiger partial charge is 0.449 e. The minimum atomic E-state index is -4.44. The van der Waals surface area contributed by atoms with Gasteiger partial charge in [0.2, 0.25) is 0 Å². The molecule has 1 aromatic carbocycles. The van der Waals surface area contributed by atoms with E-state index < -0.39 is 17.8 Å². The SMILES string of the molecule is CC(C)COC(=O)N1CCN(C(=O)c2csc(-c3cccc(C(F)(F)F)c3)n2)CC1. The lowest BCUT2D eigenvalue weighted by molar-refractivity contribution is -0.137. The first-order valence-electron chi connectivity index (χ1n) is 9.49. The molecule has 2 amide bonds. The molecule has 2 aromatic rings. The monoisotopic (exact) mass is 441 g/mol. The first kappa shape index (κ1) is 22.1. The van der Waals surface area contributed by atoms with Crippen molar-refractivity contribution in [1.82, 2.24) is 14.8 Å². The third-order valence-corrected chi connectivity index (χ3v) is 5.42. The molecule has 1 aromatic heterocycles. The number of hydrogen-bond donors (Lipinski definition) is 0. The summed E-state index contributed by atoms with van der Waals surface area (Å²) < 4.78 is 44.0. The number of amides is 2. The first-order valence-corrected chi connectivity index (χ1v) is 10.4. The molecule has 0 atom stereocenters. The number of thiazole rings is 1. The van der Waals surface area contributed by atoms with Gasteiger partial charge in [-0.1, -0.05) is 26.0 Å². The summed E-state index contributed by atoms with van der Waals surface area (Å²) in [6.07, 6.45) is -4.83. The normalized spacial score (nSPS) is 14.9. The van der Waals surface area contributed by atoms with Crippen LogP contribution < -0.4 is 0 Å². The lowest BCUT2D eigenvalue weighted by atomic mass is 10.1. The summed E-state index contributed by atoms with van der Waals surface area (Å²) >= 11 is 1.12. The van der Waals surface area contributed by atoms with Crippen molar-refractivity contribution in [2.45, 2.75) is 20.0 Å². The maximum atomic E-state index is 12.9. The minimum Gasteiger partial charge on any atom is -0.449 e. The molecule has 0 unspecified atom stereocenters. The van der Waals surface area contributed by atoms with Gasteiger partial charge in [-0.15, -0.1) is 11.3 Å². The van der Waals surface area contributed by atoms with E-state index in [9.17, 15) is 22.8 Å². The number of aromatic nitrogens is 1. The molecule has 1 aliphatic rings. The molecule has 1 saturated heterocycles. The number of nitrogens with zero attached hydrogens (tertiary/aromatic N) is 3. The molecule has 0 radical (unpaired) electrons. The Balaban J connectivity index is 1.62. The molecule has 0 N–H and O–H groups in total. The summed E-state index contributed by atoms with van der Waals surface area (Å²) in [4.78, 5) is 32.1. The van der Waals surface area contributed by atoms with Gasteiger partial charge in [-0.05, 0) is 18.1 Å². The number of piperazine rings is 1. The van der Waals surface area contributed by atoms with Crippen molar-refractivity contribution in [3.8, 4) is 10.6 Å². The number of rotatable bonds is 4. The quantitative estimate of drug-likeness (QED) is 0.707. The molecule has 0 spiro atoms. The summed E-state index contributed by atoms with van der Waals surface area (Å²) in [6, 6.07) is 4.87. The number of ether oxygens (including phenoxy) is 1. The second-order valence-electron chi connectivity index (χ2n) is 7.37. The van der Waals surface area contributed by atoms with E-state index in [0.717, 1.165) is 23.5 Å². The maximum Gasteiger partial charge on any atom is 0.416 e. The average molecular weight is 441 g/mol. The standard InChI is InChI=1S/C20H22F3N3O3S/c1-13(2)11-29-19(28)26-8-6-25(7-9-26)18(27)16-12-30-17(24-16)14-4-3-5-15(10-14)20(21,22)23/h3-5,10,12-13H,6-9,11H2,1-2H3. The van der Waals surface area contributed by atoms with Gasteiger partial charge in [-0.25, -0.2) is 9.78 Å². The molecular weight excluding hydrogens is 419 g/mol. The number of benzene rings is 1. The predicted molar refractivity (Wildman–Crippen MR) is 106 cm³/mol. The minimum absolute atomic E-state index is 0.184. The van der Waals surface area contributed by atoms with E-state index >= 15 is 0 Å². The Morgan fingerprint density at radius 3 is 2.47 bits per heavy atom. The van der Waals surface area contributed by atoms with Gasteiger partial charge < -0.3 is 14.5 Å². The lowest BCUT2D eigenvalue weighted by Gasteiger charge is -2.33. The fourth-order valence-corrected chi connectivity index (χ4v) is 3.71. The van der Waals surface area contributed by atoms with Crippen molar-refractivity contribution >= 4 is 23.3 Å². The highest BCUT2D eigenvalue weighted by molar-refractivity contribution is 7.13. The maximum absolute atomic E-state index is 12.9.